The number of carbonyl (C=O) groups excluding carboxylic acids is 3. The number of barbiturate groups is 1. The first-order valence-electron chi connectivity index (χ1n) is 11.1. The molecule has 1 saturated heterocycles. The zero-order valence-corrected chi connectivity index (χ0v) is 19.3. The predicted octanol–water partition coefficient (Wildman–Crippen LogP) is 4.67. The number of aromatic nitrogens is 1. The summed E-state index contributed by atoms with van der Waals surface area (Å²) in [6, 6.07) is 21.7. The van der Waals surface area contributed by atoms with Crippen LogP contribution in [0.3, 0.4) is 0 Å². The molecule has 174 valence electrons. The first-order chi connectivity index (χ1) is 17.0. The van der Waals surface area contributed by atoms with Crippen LogP contribution in [0, 0.1) is 6.92 Å². The van der Waals surface area contributed by atoms with E-state index in [0.717, 1.165) is 21.4 Å². The van der Waals surface area contributed by atoms with Crippen LogP contribution >= 0.6 is 0 Å². The Kier molecular flexibility index (Phi) is 5.66. The molecule has 3 aromatic carbocycles. The monoisotopic (exact) mass is 465 g/mol. The van der Waals surface area contributed by atoms with Gasteiger partial charge < -0.3 is 9.30 Å². The molecule has 0 aliphatic carbocycles. The van der Waals surface area contributed by atoms with Crippen LogP contribution in [0.2, 0.25) is 0 Å². The lowest BCUT2D eigenvalue weighted by Crippen LogP contribution is -2.54. The van der Waals surface area contributed by atoms with Crippen LogP contribution in [0.5, 0.6) is 5.75 Å². The molecule has 4 aromatic rings. The third-order valence-electron chi connectivity index (χ3n) is 6.15. The Bertz CT molecular complexity index is 1500. The standard InChI is InChI=1S/C28H23N3O4/c1-18-7-3-4-8-19(18)16-30-17-20(23-9-5-6-10-25(23)30)15-24-26(32)29-28(34)31(27(24)33)21-11-13-22(35-2)14-12-21/h3-15,17H,16H2,1-2H3,(H,29,32,34)/b24-15-. The Morgan fingerprint density at radius 1 is 0.914 bits per heavy atom. The average molecular weight is 466 g/mol. The Morgan fingerprint density at radius 3 is 2.37 bits per heavy atom. The quantitative estimate of drug-likeness (QED) is 0.343. The molecule has 1 aliphatic heterocycles. The van der Waals surface area contributed by atoms with E-state index in [-0.39, 0.29) is 5.57 Å². The summed E-state index contributed by atoms with van der Waals surface area (Å²) in [5, 5.41) is 3.18. The van der Waals surface area contributed by atoms with E-state index in [4.69, 9.17) is 4.74 Å². The predicted molar refractivity (Wildman–Crippen MR) is 134 cm³/mol. The van der Waals surface area contributed by atoms with Crippen molar-refractivity contribution < 1.29 is 19.1 Å². The first kappa shape index (κ1) is 22.2. The lowest BCUT2D eigenvalue weighted by Gasteiger charge is -2.26. The Labute approximate surface area is 202 Å². The third-order valence-corrected chi connectivity index (χ3v) is 6.15. The molecule has 0 saturated carbocycles. The Balaban J connectivity index is 1.56. The molecule has 1 aliphatic rings. The van der Waals surface area contributed by atoms with Crippen LogP contribution in [0.25, 0.3) is 17.0 Å². The van der Waals surface area contributed by atoms with E-state index in [1.165, 1.54) is 18.2 Å². The van der Waals surface area contributed by atoms with Crippen molar-refractivity contribution in [3.8, 4) is 5.75 Å². The van der Waals surface area contributed by atoms with Crippen LogP contribution in [-0.4, -0.2) is 29.5 Å². The number of aryl methyl sites for hydroxylation is 1. The van der Waals surface area contributed by atoms with E-state index in [9.17, 15) is 14.4 Å². The van der Waals surface area contributed by atoms with Crippen molar-refractivity contribution in [2.24, 2.45) is 0 Å². The fourth-order valence-corrected chi connectivity index (χ4v) is 4.27. The van der Waals surface area contributed by atoms with Crippen molar-refractivity contribution in [1.82, 2.24) is 9.88 Å². The highest BCUT2D eigenvalue weighted by Gasteiger charge is 2.37. The number of hydrogen-bond donors (Lipinski definition) is 1. The average Bonchev–Trinajstić information content (AvgIpc) is 3.20. The molecular formula is C28H23N3O4. The summed E-state index contributed by atoms with van der Waals surface area (Å²) >= 11 is 0. The van der Waals surface area contributed by atoms with Gasteiger partial charge in [-0.05, 0) is 54.5 Å². The number of para-hydroxylation sites is 1. The van der Waals surface area contributed by atoms with E-state index < -0.39 is 17.8 Å². The number of nitrogens with one attached hydrogen (secondary N) is 1. The summed E-state index contributed by atoms with van der Waals surface area (Å²) in [5.41, 5.74) is 4.29. The number of benzene rings is 3. The second-order valence-corrected chi connectivity index (χ2v) is 8.31. The van der Waals surface area contributed by atoms with Gasteiger partial charge in [-0.1, -0.05) is 42.5 Å². The van der Waals surface area contributed by atoms with Crippen molar-refractivity contribution in [2.75, 3.05) is 12.0 Å². The summed E-state index contributed by atoms with van der Waals surface area (Å²) in [7, 11) is 1.53. The van der Waals surface area contributed by atoms with Gasteiger partial charge in [-0.25, -0.2) is 9.69 Å². The minimum Gasteiger partial charge on any atom is -0.497 e. The van der Waals surface area contributed by atoms with Crippen LogP contribution in [0.1, 0.15) is 16.7 Å². The first-order valence-corrected chi connectivity index (χ1v) is 11.1. The molecule has 0 bridgehead atoms. The van der Waals surface area contributed by atoms with Gasteiger partial charge in [0.1, 0.15) is 11.3 Å². The smallest absolute Gasteiger partial charge is 0.335 e. The van der Waals surface area contributed by atoms with Crippen molar-refractivity contribution in [2.45, 2.75) is 13.5 Å². The molecule has 0 atom stereocenters. The molecule has 2 heterocycles. The number of rotatable bonds is 5. The highest BCUT2D eigenvalue weighted by atomic mass is 16.5. The van der Waals surface area contributed by atoms with Crippen LogP contribution in [0.15, 0.2) is 84.6 Å². The topological polar surface area (TPSA) is 80.6 Å². The van der Waals surface area contributed by atoms with Crippen molar-refractivity contribution in [1.29, 1.82) is 0 Å². The second-order valence-electron chi connectivity index (χ2n) is 8.31. The summed E-state index contributed by atoms with van der Waals surface area (Å²) < 4.78 is 7.25. The van der Waals surface area contributed by atoms with Crippen LogP contribution in [-0.2, 0) is 16.1 Å². The van der Waals surface area contributed by atoms with E-state index in [1.807, 2.05) is 42.6 Å². The van der Waals surface area contributed by atoms with Gasteiger partial charge in [-0.2, -0.15) is 0 Å². The van der Waals surface area contributed by atoms with Gasteiger partial charge in [0.15, 0.2) is 0 Å². The zero-order chi connectivity index (χ0) is 24.5. The summed E-state index contributed by atoms with van der Waals surface area (Å²) in [5.74, 6) is -0.813. The fraction of sp³-hybridized carbons (Fsp3) is 0.107. The van der Waals surface area contributed by atoms with Gasteiger partial charge >= 0.3 is 6.03 Å². The maximum absolute atomic E-state index is 13.3. The number of amides is 4. The Morgan fingerprint density at radius 2 is 1.63 bits per heavy atom. The highest BCUT2D eigenvalue weighted by molar-refractivity contribution is 6.39. The summed E-state index contributed by atoms with van der Waals surface area (Å²) in [4.78, 5) is 39.5. The largest absolute Gasteiger partial charge is 0.497 e. The van der Waals surface area contributed by atoms with Crippen LogP contribution < -0.4 is 15.0 Å². The third kappa shape index (κ3) is 4.08. The number of imide groups is 2. The zero-order valence-electron chi connectivity index (χ0n) is 19.3. The maximum atomic E-state index is 13.3. The maximum Gasteiger partial charge on any atom is 0.335 e. The number of ether oxygens (including phenoxy) is 1. The minimum absolute atomic E-state index is 0.112. The molecule has 1 N–H and O–H groups in total. The normalized spacial score (nSPS) is 15.1. The van der Waals surface area contributed by atoms with Gasteiger partial charge in [0.05, 0.1) is 12.8 Å². The minimum atomic E-state index is -0.788. The molecule has 0 spiro atoms. The SMILES string of the molecule is COc1ccc(N2C(=O)NC(=O)/C(=C/c3cn(Cc4ccccc4C)c4ccccc34)C2=O)cc1. The van der Waals surface area contributed by atoms with Crippen molar-refractivity contribution >= 4 is 40.5 Å². The van der Waals surface area contributed by atoms with Crippen LogP contribution in [0.4, 0.5) is 10.5 Å². The van der Waals surface area contributed by atoms with E-state index in [0.29, 0.717) is 18.0 Å². The number of anilines is 1. The fourth-order valence-electron chi connectivity index (χ4n) is 4.27. The molecule has 7 nitrogen and oxygen atoms in total. The van der Waals surface area contributed by atoms with Gasteiger partial charge in [0, 0.05) is 29.2 Å². The van der Waals surface area contributed by atoms with E-state index in [1.54, 1.807) is 30.3 Å². The van der Waals surface area contributed by atoms with Gasteiger partial charge in [0.2, 0.25) is 0 Å². The number of fused-ring (bicyclic) bond motifs is 1. The number of methoxy groups -OCH3 is 1. The molecule has 5 rings (SSSR count). The molecule has 1 aromatic heterocycles. The summed E-state index contributed by atoms with van der Waals surface area (Å²) in [6.07, 6.45) is 3.48. The summed E-state index contributed by atoms with van der Waals surface area (Å²) in [6.45, 7) is 2.71. The number of hydrogen-bond acceptors (Lipinski definition) is 4. The van der Waals surface area contributed by atoms with E-state index >= 15 is 0 Å². The van der Waals surface area contributed by atoms with Gasteiger partial charge in [0.25, 0.3) is 11.8 Å². The number of urea groups is 1. The van der Waals surface area contributed by atoms with Crippen molar-refractivity contribution in [3.05, 3.63) is 101 Å². The van der Waals surface area contributed by atoms with Crippen molar-refractivity contribution in [3.63, 3.8) is 0 Å². The van der Waals surface area contributed by atoms with Gasteiger partial charge in [-0.15, -0.1) is 0 Å². The molecule has 35 heavy (non-hydrogen) atoms. The van der Waals surface area contributed by atoms with Gasteiger partial charge in [-0.3, -0.25) is 14.9 Å². The lowest BCUT2D eigenvalue weighted by molar-refractivity contribution is -0.122. The molecule has 1 fully saturated rings. The number of carbonyl (C=O) groups is 3. The molecule has 0 radical (unpaired) electrons. The molecular weight excluding hydrogens is 442 g/mol. The molecule has 4 amide bonds. The second kappa shape index (κ2) is 8.95. The van der Waals surface area contributed by atoms with E-state index in [2.05, 4.69) is 28.9 Å². The molecule has 0 unspecified atom stereocenters. The highest BCUT2D eigenvalue weighted by Crippen LogP contribution is 2.28. The molecule has 7 heteroatoms. The Hall–Kier alpha value is -4.65. The number of nitrogens with zero attached hydrogens (tertiary/aromatic N) is 2. The lowest BCUT2D eigenvalue weighted by atomic mass is 10.1.